The molecule has 7 N–H and O–H groups in total. The summed E-state index contributed by atoms with van der Waals surface area (Å²) in [5.41, 5.74) is 12.9. The van der Waals surface area contributed by atoms with Crippen LogP contribution in [0.15, 0.2) is 51.7 Å². The number of β-lactam (4-membered cyclic amide) rings is 1. The lowest BCUT2D eigenvalue weighted by molar-refractivity contribution is -0.688. The van der Waals surface area contributed by atoms with E-state index in [-0.39, 0.29) is 23.1 Å². The Hall–Kier alpha value is -4.02. The number of thioether (sulfide) groups is 1. The number of nitrogens with two attached hydrogens (primary N) is 2. The summed E-state index contributed by atoms with van der Waals surface area (Å²) in [4.78, 5) is 47.2. The van der Waals surface area contributed by atoms with Gasteiger partial charge in [0.15, 0.2) is 34.9 Å². The van der Waals surface area contributed by atoms with Crippen LogP contribution in [0.1, 0.15) is 5.69 Å². The zero-order valence-electron chi connectivity index (χ0n) is 18.8. The molecule has 2 aliphatic heterocycles. The van der Waals surface area contributed by atoms with E-state index in [1.54, 1.807) is 6.20 Å². The number of amides is 2. The second kappa shape index (κ2) is 9.79. The van der Waals surface area contributed by atoms with Crippen LogP contribution in [0.25, 0.3) is 11.3 Å². The highest BCUT2D eigenvalue weighted by atomic mass is 32.2. The first-order chi connectivity index (χ1) is 17.8. The predicted molar refractivity (Wildman–Crippen MR) is 137 cm³/mol. The number of carboxylic acids is 1. The average molecular weight is 560 g/mol. The Morgan fingerprint density at radius 1 is 1.24 bits per heavy atom. The largest absolute Gasteiger partial charge is 0.477 e. The molecule has 3 aromatic rings. The minimum atomic E-state index is -1.24. The number of nitrogens with zero attached hydrogens (tertiary/aromatic N) is 5. The van der Waals surface area contributed by atoms with Crippen molar-refractivity contribution in [2.75, 3.05) is 17.2 Å². The summed E-state index contributed by atoms with van der Waals surface area (Å²) in [6, 6.07) is 2.70. The Labute approximate surface area is 221 Å². The number of carboxylic acid groups (broad SMARTS) is 1. The maximum absolute atomic E-state index is 13.0. The van der Waals surface area contributed by atoms with Gasteiger partial charge in [0.2, 0.25) is 0 Å². The molecule has 5 heterocycles. The number of pyridine rings is 1. The molecule has 16 heteroatoms. The highest BCUT2D eigenvalue weighted by molar-refractivity contribution is 8.00. The van der Waals surface area contributed by atoms with Gasteiger partial charge in [0.25, 0.3) is 11.8 Å². The van der Waals surface area contributed by atoms with Crippen LogP contribution in [0.2, 0.25) is 0 Å². The van der Waals surface area contributed by atoms with Gasteiger partial charge in [0, 0.05) is 28.2 Å². The molecule has 13 nitrogen and oxygen atoms in total. The number of rotatable bonds is 7. The molecular weight excluding hydrogens is 540 g/mol. The number of nitrogen functional groups attached to an aromatic ring is 2. The predicted octanol–water partition coefficient (Wildman–Crippen LogP) is 0.336. The molecule has 0 bridgehead atoms. The normalized spacial score (nSPS) is 19.4. The van der Waals surface area contributed by atoms with Crippen LogP contribution in [0.4, 0.5) is 10.3 Å². The molecule has 0 aliphatic carbocycles. The SMILES string of the molecule is Nc1nc(/C(=N/O)C(=O)N[C@@H]2C(=O)N3C(C(=O)O)=C(C[n+]4cccc(-c5csc(N)n5)c4)CS[C@H]23)cs1. The van der Waals surface area contributed by atoms with Crippen LogP contribution in [-0.4, -0.2) is 65.8 Å². The summed E-state index contributed by atoms with van der Waals surface area (Å²) in [5, 5.41) is 28.0. The van der Waals surface area contributed by atoms with Gasteiger partial charge in [-0.05, 0) is 6.07 Å². The minimum absolute atomic E-state index is 0.0652. The van der Waals surface area contributed by atoms with Crippen molar-refractivity contribution < 1.29 is 29.3 Å². The Morgan fingerprint density at radius 2 is 2.00 bits per heavy atom. The number of aliphatic carboxylic acids is 1. The number of thiazole rings is 2. The smallest absolute Gasteiger partial charge is 0.352 e. The highest BCUT2D eigenvalue weighted by Crippen LogP contribution is 2.40. The number of oxime groups is 1. The van der Waals surface area contributed by atoms with Crippen LogP contribution in [0, 0.1) is 0 Å². The summed E-state index contributed by atoms with van der Waals surface area (Å²) in [6.07, 6.45) is 3.63. The molecular formula is C21H19N8O5S3+. The molecule has 37 heavy (non-hydrogen) atoms. The highest BCUT2D eigenvalue weighted by Gasteiger charge is 2.54. The van der Waals surface area contributed by atoms with Crippen molar-refractivity contribution in [2.24, 2.45) is 5.16 Å². The van der Waals surface area contributed by atoms with Crippen molar-refractivity contribution in [3.63, 3.8) is 0 Å². The third kappa shape index (κ3) is 4.61. The standard InChI is InChI=1S/C21H18N8O5S3/c22-20-24-11(7-36-20)9-2-1-3-28(4-9)5-10-6-35-18-14(17(31)29(18)15(10)19(32)33)26-16(30)13(27-34)12-8-37-21(23)25-12/h1-4,7-8,14,18H,5-6H2,(H6-,22,23,24,25,26,30,32,33,34)/p+1/t14-,18-/m1/s1. The Balaban J connectivity index is 1.34. The quantitative estimate of drug-likeness (QED) is 0.0883. The zero-order chi connectivity index (χ0) is 26.3. The molecule has 2 amide bonds. The van der Waals surface area contributed by atoms with Crippen molar-refractivity contribution in [3.8, 4) is 11.3 Å². The summed E-state index contributed by atoms with van der Waals surface area (Å²) in [5.74, 6) is -2.31. The van der Waals surface area contributed by atoms with Crippen LogP contribution < -0.4 is 21.4 Å². The molecule has 0 unspecified atom stereocenters. The van der Waals surface area contributed by atoms with Crippen LogP contribution in [0.3, 0.4) is 0 Å². The average Bonchev–Trinajstić information content (AvgIpc) is 3.51. The fourth-order valence-corrected chi connectivity index (χ4v) is 6.49. The number of fused-ring (bicyclic) bond motifs is 1. The Morgan fingerprint density at radius 3 is 2.65 bits per heavy atom. The van der Waals surface area contributed by atoms with Crippen molar-refractivity contribution in [1.29, 1.82) is 0 Å². The molecule has 1 saturated heterocycles. The summed E-state index contributed by atoms with van der Waals surface area (Å²) in [6.45, 7) is 0.238. The summed E-state index contributed by atoms with van der Waals surface area (Å²) < 4.78 is 1.82. The Kier molecular flexibility index (Phi) is 6.53. The van der Waals surface area contributed by atoms with E-state index >= 15 is 0 Å². The number of nitrogens with one attached hydrogen (secondary N) is 1. The van der Waals surface area contributed by atoms with E-state index in [4.69, 9.17) is 11.5 Å². The van der Waals surface area contributed by atoms with Crippen LogP contribution in [-0.2, 0) is 20.9 Å². The maximum Gasteiger partial charge on any atom is 0.352 e. The first kappa shape index (κ1) is 24.7. The third-order valence-electron chi connectivity index (χ3n) is 5.67. The number of anilines is 2. The van der Waals surface area contributed by atoms with E-state index in [0.717, 1.165) is 16.9 Å². The van der Waals surface area contributed by atoms with Gasteiger partial charge in [-0.3, -0.25) is 14.5 Å². The van der Waals surface area contributed by atoms with E-state index in [2.05, 4.69) is 20.4 Å². The van der Waals surface area contributed by atoms with Crippen molar-refractivity contribution in [1.82, 2.24) is 20.2 Å². The summed E-state index contributed by atoms with van der Waals surface area (Å²) >= 11 is 3.72. The van der Waals surface area contributed by atoms with Gasteiger partial charge in [-0.25, -0.2) is 19.3 Å². The fraction of sp³-hybridized carbons (Fsp3) is 0.190. The van der Waals surface area contributed by atoms with Gasteiger partial charge in [0.1, 0.15) is 22.8 Å². The van der Waals surface area contributed by atoms with Gasteiger partial charge in [-0.15, -0.1) is 34.4 Å². The first-order valence-corrected chi connectivity index (χ1v) is 13.4. The molecule has 3 aromatic heterocycles. The second-order valence-corrected chi connectivity index (χ2v) is 10.9. The van der Waals surface area contributed by atoms with Gasteiger partial charge in [-0.2, -0.15) is 0 Å². The molecule has 1 fully saturated rings. The molecule has 0 radical (unpaired) electrons. The van der Waals surface area contributed by atoms with E-state index < -0.39 is 34.9 Å². The molecule has 0 saturated carbocycles. The van der Waals surface area contributed by atoms with Gasteiger partial charge < -0.3 is 27.1 Å². The zero-order valence-corrected chi connectivity index (χ0v) is 21.2. The summed E-state index contributed by atoms with van der Waals surface area (Å²) in [7, 11) is 0. The van der Waals surface area contributed by atoms with Crippen LogP contribution in [0.5, 0.6) is 0 Å². The lowest BCUT2D eigenvalue weighted by Crippen LogP contribution is -2.71. The lowest BCUT2D eigenvalue weighted by Gasteiger charge is -2.49. The van der Waals surface area contributed by atoms with Crippen molar-refractivity contribution in [2.45, 2.75) is 18.0 Å². The number of hydrogen-bond acceptors (Lipinski definition) is 12. The molecule has 0 spiro atoms. The number of carbonyl (C=O) groups is 3. The number of hydrogen-bond donors (Lipinski definition) is 5. The molecule has 5 rings (SSSR count). The van der Waals surface area contributed by atoms with E-state index in [9.17, 15) is 24.7 Å². The fourth-order valence-electron chi connectivity index (χ4n) is 4.04. The molecule has 2 atom stereocenters. The van der Waals surface area contributed by atoms with E-state index in [1.807, 2.05) is 28.3 Å². The van der Waals surface area contributed by atoms with Gasteiger partial charge in [-0.1, -0.05) is 5.16 Å². The van der Waals surface area contributed by atoms with Crippen molar-refractivity contribution in [3.05, 3.63) is 52.3 Å². The molecule has 0 aromatic carbocycles. The van der Waals surface area contributed by atoms with E-state index in [1.165, 1.54) is 33.4 Å². The molecule has 190 valence electrons. The monoisotopic (exact) mass is 559 g/mol. The van der Waals surface area contributed by atoms with Gasteiger partial charge >= 0.3 is 5.97 Å². The van der Waals surface area contributed by atoms with Crippen LogP contribution >= 0.6 is 34.4 Å². The Bertz CT molecular complexity index is 1480. The first-order valence-electron chi connectivity index (χ1n) is 10.6. The molecule has 2 aliphatic rings. The second-order valence-electron chi connectivity index (χ2n) is 7.97. The maximum atomic E-state index is 13.0. The van der Waals surface area contributed by atoms with E-state index in [0.29, 0.717) is 22.2 Å². The number of aromatic nitrogens is 3. The number of carbonyl (C=O) groups excluding carboxylic acids is 2. The minimum Gasteiger partial charge on any atom is -0.477 e. The van der Waals surface area contributed by atoms with Gasteiger partial charge in [0.05, 0.1) is 11.3 Å². The topological polar surface area (TPSA) is 201 Å². The van der Waals surface area contributed by atoms with Crippen molar-refractivity contribution >= 4 is 68.2 Å². The third-order valence-corrected chi connectivity index (χ3v) is 8.35. The lowest BCUT2D eigenvalue weighted by atomic mass is 10.0.